The van der Waals surface area contributed by atoms with Gasteiger partial charge in [0.25, 0.3) is 0 Å². The second-order valence-corrected chi connectivity index (χ2v) is 5.37. The fourth-order valence-corrected chi connectivity index (χ4v) is 2.54. The molecule has 0 saturated carbocycles. The van der Waals surface area contributed by atoms with E-state index in [1.165, 1.54) is 16.5 Å². The summed E-state index contributed by atoms with van der Waals surface area (Å²) in [6.45, 7) is 3.35. The molecule has 2 nitrogen and oxygen atoms in total. The number of H-pyrrole nitrogens is 1. The third-order valence-corrected chi connectivity index (χ3v) is 3.81. The van der Waals surface area contributed by atoms with Crippen LogP contribution >= 0.6 is 0 Å². The molecule has 3 aromatic rings. The average Bonchev–Trinajstić information content (AvgIpc) is 2.91. The minimum atomic E-state index is -0.133. The molecule has 0 fully saturated rings. The van der Waals surface area contributed by atoms with Gasteiger partial charge in [-0.3, -0.25) is 0 Å². The van der Waals surface area contributed by atoms with E-state index >= 15 is 0 Å². The quantitative estimate of drug-likeness (QED) is 0.681. The maximum absolute atomic E-state index is 13.5. The zero-order valence-electron chi connectivity index (χ0n) is 12.1. The maximum Gasteiger partial charge on any atom is 0.126 e. The van der Waals surface area contributed by atoms with Crippen LogP contribution in [0.5, 0.6) is 0 Å². The summed E-state index contributed by atoms with van der Waals surface area (Å²) in [7, 11) is 0. The van der Waals surface area contributed by atoms with Crippen molar-refractivity contribution in [2.24, 2.45) is 0 Å². The molecule has 1 heterocycles. The van der Waals surface area contributed by atoms with Gasteiger partial charge < -0.3 is 10.3 Å². The van der Waals surface area contributed by atoms with Crippen LogP contribution in [-0.4, -0.2) is 11.5 Å². The molecule has 0 unspecified atom stereocenters. The largest absolute Gasteiger partial charge is 0.361 e. The number of hydrogen-bond donors (Lipinski definition) is 2. The van der Waals surface area contributed by atoms with Crippen molar-refractivity contribution in [3.05, 3.63) is 71.2 Å². The summed E-state index contributed by atoms with van der Waals surface area (Å²) in [4.78, 5) is 3.28. The number of nitrogens with one attached hydrogen (secondary N) is 2. The topological polar surface area (TPSA) is 27.8 Å². The summed E-state index contributed by atoms with van der Waals surface area (Å²) in [5.74, 6) is -0.133. The Balaban J connectivity index is 1.55. The predicted octanol–water partition coefficient (Wildman–Crippen LogP) is 3.95. The van der Waals surface area contributed by atoms with Gasteiger partial charge in [-0.1, -0.05) is 30.3 Å². The molecular weight excluding hydrogens is 263 g/mol. The number of aryl methyl sites for hydroxylation is 1. The van der Waals surface area contributed by atoms with Gasteiger partial charge in [0.15, 0.2) is 0 Å². The number of para-hydroxylation sites is 1. The highest BCUT2D eigenvalue weighted by Crippen LogP contribution is 2.17. The number of aromatic nitrogens is 1. The van der Waals surface area contributed by atoms with Crippen molar-refractivity contribution >= 4 is 10.9 Å². The molecule has 0 aliphatic carbocycles. The van der Waals surface area contributed by atoms with Gasteiger partial charge in [-0.05, 0) is 48.7 Å². The molecule has 2 N–H and O–H groups in total. The molecule has 0 radical (unpaired) electrons. The van der Waals surface area contributed by atoms with E-state index in [1.807, 2.05) is 18.2 Å². The molecule has 0 aliphatic heterocycles. The maximum atomic E-state index is 13.5. The fraction of sp³-hybridized carbons (Fsp3) is 0.222. The van der Waals surface area contributed by atoms with Crippen LogP contribution in [0.15, 0.2) is 48.7 Å². The molecule has 0 bridgehead atoms. The van der Waals surface area contributed by atoms with Gasteiger partial charge in [-0.2, -0.15) is 0 Å². The number of rotatable bonds is 5. The summed E-state index contributed by atoms with van der Waals surface area (Å²) in [5.41, 5.74) is 4.16. The summed E-state index contributed by atoms with van der Waals surface area (Å²) < 4.78 is 13.5. The zero-order valence-corrected chi connectivity index (χ0v) is 12.1. The molecular formula is C18H19FN2. The first kappa shape index (κ1) is 13.8. The summed E-state index contributed by atoms with van der Waals surface area (Å²) in [6.07, 6.45) is 3.02. The van der Waals surface area contributed by atoms with Crippen molar-refractivity contribution in [3.8, 4) is 0 Å². The highest BCUT2D eigenvalue weighted by Gasteiger charge is 2.03. The molecule has 21 heavy (non-hydrogen) atoms. The van der Waals surface area contributed by atoms with Crippen molar-refractivity contribution in [1.82, 2.24) is 10.3 Å². The summed E-state index contributed by atoms with van der Waals surface area (Å²) in [6, 6.07) is 13.7. The highest BCUT2D eigenvalue weighted by atomic mass is 19.1. The molecule has 2 aromatic carbocycles. The van der Waals surface area contributed by atoms with Crippen molar-refractivity contribution in [2.45, 2.75) is 19.9 Å². The van der Waals surface area contributed by atoms with Crippen molar-refractivity contribution in [1.29, 1.82) is 0 Å². The second-order valence-electron chi connectivity index (χ2n) is 5.37. The van der Waals surface area contributed by atoms with Gasteiger partial charge in [0, 0.05) is 23.6 Å². The van der Waals surface area contributed by atoms with Crippen LogP contribution in [-0.2, 0) is 13.0 Å². The Labute approximate surface area is 124 Å². The molecule has 0 atom stereocenters. The van der Waals surface area contributed by atoms with E-state index in [4.69, 9.17) is 0 Å². The van der Waals surface area contributed by atoms with E-state index in [0.29, 0.717) is 12.1 Å². The minimum Gasteiger partial charge on any atom is -0.361 e. The van der Waals surface area contributed by atoms with E-state index in [1.54, 1.807) is 13.0 Å². The van der Waals surface area contributed by atoms with E-state index in [-0.39, 0.29) is 5.82 Å². The normalized spacial score (nSPS) is 11.1. The molecule has 0 aliphatic rings. The van der Waals surface area contributed by atoms with E-state index in [9.17, 15) is 4.39 Å². The van der Waals surface area contributed by atoms with Crippen LogP contribution in [0.1, 0.15) is 16.7 Å². The molecule has 0 saturated heterocycles. The van der Waals surface area contributed by atoms with Crippen LogP contribution in [0.4, 0.5) is 4.39 Å². The second kappa shape index (κ2) is 6.10. The lowest BCUT2D eigenvalue weighted by atomic mass is 10.1. The lowest BCUT2D eigenvalue weighted by molar-refractivity contribution is 0.611. The molecule has 0 amide bonds. The van der Waals surface area contributed by atoms with Gasteiger partial charge in [0.2, 0.25) is 0 Å². The molecule has 3 heteroatoms. The summed E-state index contributed by atoms with van der Waals surface area (Å²) >= 11 is 0. The molecule has 0 spiro atoms. The van der Waals surface area contributed by atoms with Crippen molar-refractivity contribution < 1.29 is 4.39 Å². The van der Waals surface area contributed by atoms with E-state index in [0.717, 1.165) is 18.5 Å². The lowest BCUT2D eigenvalue weighted by Crippen LogP contribution is -2.16. The molecule has 3 rings (SSSR count). The SMILES string of the molecule is Cc1ccc(CNCCc2c[nH]c3ccccc23)cc1F. The first-order valence-electron chi connectivity index (χ1n) is 7.25. The predicted molar refractivity (Wildman–Crippen MR) is 84.8 cm³/mol. The zero-order chi connectivity index (χ0) is 14.7. The molecule has 108 valence electrons. The minimum absolute atomic E-state index is 0.133. The van der Waals surface area contributed by atoms with Crippen molar-refractivity contribution in [3.63, 3.8) is 0 Å². The smallest absolute Gasteiger partial charge is 0.126 e. The number of benzene rings is 2. The van der Waals surface area contributed by atoms with Crippen LogP contribution < -0.4 is 5.32 Å². The van der Waals surface area contributed by atoms with Gasteiger partial charge in [0.05, 0.1) is 0 Å². The fourth-order valence-electron chi connectivity index (χ4n) is 2.54. The Morgan fingerprint density at radius 2 is 2.00 bits per heavy atom. The van der Waals surface area contributed by atoms with E-state index < -0.39 is 0 Å². The third-order valence-electron chi connectivity index (χ3n) is 3.81. The Hall–Kier alpha value is -2.13. The standard InChI is InChI=1S/C18H19FN2/c1-13-6-7-14(10-17(13)19)11-20-9-8-15-12-21-18-5-3-2-4-16(15)18/h2-7,10,12,20-21H,8-9,11H2,1H3. The lowest BCUT2D eigenvalue weighted by Gasteiger charge is -2.06. The van der Waals surface area contributed by atoms with Crippen LogP contribution in [0.3, 0.4) is 0 Å². The molecule has 1 aromatic heterocycles. The number of hydrogen-bond acceptors (Lipinski definition) is 1. The Morgan fingerprint density at radius 3 is 2.86 bits per heavy atom. The van der Waals surface area contributed by atoms with Gasteiger partial charge >= 0.3 is 0 Å². The van der Waals surface area contributed by atoms with E-state index in [2.05, 4.69) is 34.7 Å². The number of aromatic amines is 1. The van der Waals surface area contributed by atoms with Gasteiger partial charge in [-0.15, -0.1) is 0 Å². The number of halogens is 1. The Morgan fingerprint density at radius 1 is 1.14 bits per heavy atom. The van der Waals surface area contributed by atoms with Crippen molar-refractivity contribution in [2.75, 3.05) is 6.54 Å². The van der Waals surface area contributed by atoms with Gasteiger partial charge in [-0.25, -0.2) is 4.39 Å². The number of fused-ring (bicyclic) bond motifs is 1. The summed E-state index contributed by atoms with van der Waals surface area (Å²) in [5, 5.41) is 4.65. The monoisotopic (exact) mass is 282 g/mol. The third kappa shape index (κ3) is 3.14. The Kier molecular flexibility index (Phi) is 4.02. The van der Waals surface area contributed by atoms with Crippen LogP contribution in [0, 0.1) is 12.7 Å². The first-order valence-corrected chi connectivity index (χ1v) is 7.25. The average molecular weight is 282 g/mol. The highest BCUT2D eigenvalue weighted by molar-refractivity contribution is 5.83. The van der Waals surface area contributed by atoms with Crippen LogP contribution in [0.25, 0.3) is 10.9 Å². The van der Waals surface area contributed by atoms with Gasteiger partial charge in [0.1, 0.15) is 5.82 Å². The first-order chi connectivity index (χ1) is 10.2. The Bertz CT molecular complexity index is 746. The van der Waals surface area contributed by atoms with Crippen LogP contribution in [0.2, 0.25) is 0 Å².